The molecule has 1 saturated heterocycles. The van der Waals surface area contributed by atoms with E-state index < -0.39 is 0 Å². The van der Waals surface area contributed by atoms with Gasteiger partial charge in [-0.3, -0.25) is 14.6 Å². The number of para-hydroxylation sites is 2. The Morgan fingerprint density at radius 1 is 1.07 bits per heavy atom. The number of morpholine rings is 1. The van der Waals surface area contributed by atoms with E-state index in [2.05, 4.69) is 28.9 Å². The smallest absolute Gasteiger partial charge is 0.289 e. The van der Waals surface area contributed by atoms with Crippen LogP contribution in [0.2, 0.25) is 0 Å². The van der Waals surface area contributed by atoms with Crippen LogP contribution in [0.15, 0.2) is 42.5 Å². The molecule has 154 valence electrons. The molecule has 2 aromatic carbocycles. The molecule has 0 N–H and O–H groups in total. The lowest BCUT2D eigenvalue weighted by molar-refractivity contribution is 0.0391. The van der Waals surface area contributed by atoms with Crippen LogP contribution in [0.4, 0.5) is 5.13 Å². The quantitative estimate of drug-likeness (QED) is 0.468. The summed E-state index contributed by atoms with van der Waals surface area (Å²) < 4.78 is 7.57. The minimum absolute atomic E-state index is 0.0823. The Morgan fingerprint density at radius 2 is 1.87 bits per heavy atom. The van der Waals surface area contributed by atoms with E-state index in [-0.39, 0.29) is 5.91 Å². The van der Waals surface area contributed by atoms with Gasteiger partial charge in [-0.1, -0.05) is 35.6 Å². The van der Waals surface area contributed by atoms with Crippen molar-refractivity contribution in [1.82, 2.24) is 14.9 Å². The van der Waals surface area contributed by atoms with Crippen molar-refractivity contribution in [3.63, 3.8) is 0 Å². The van der Waals surface area contributed by atoms with E-state index in [0.29, 0.717) is 11.6 Å². The number of aromatic nitrogens is 2. The van der Waals surface area contributed by atoms with Crippen molar-refractivity contribution < 1.29 is 9.53 Å². The first kappa shape index (κ1) is 19.6. The zero-order valence-electron chi connectivity index (χ0n) is 16.7. The van der Waals surface area contributed by atoms with Gasteiger partial charge in [0.2, 0.25) is 0 Å². The number of fused-ring (bicyclic) bond motifs is 2. The summed E-state index contributed by atoms with van der Waals surface area (Å²) in [6.07, 6.45) is 0. The minimum Gasteiger partial charge on any atom is -0.379 e. The van der Waals surface area contributed by atoms with E-state index in [1.807, 2.05) is 30.3 Å². The van der Waals surface area contributed by atoms with Crippen LogP contribution in [0.3, 0.4) is 0 Å². The van der Waals surface area contributed by atoms with Gasteiger partial charge in [0.15, 0.2) is 10.1 Å². The van der Waals surface area contributed by atoms with Crippen molar-refractivity contribution in [2.75, 3.05) is 44.3 Å². The van der Waals surface area contributed by atoms with E-state index >= 15 is 0 Å². The summed E-state index contributed by atoms with van der Waals surface area (Å²) in [6, 6.07) is 14.0. The molecular weight excluding hydrogens is 416 g/mol. The molecule has 2 aromatic heterocycles. The molecule has 0 bridgehead atoms. The lowest BCUT2D eigenvalue weighted by atomic mass is 10.2. The highest BCUT2D eigenvalue weighted by molar-refractivity contribution is 7.23. The molecule has 0 aliphatic carbocycles. The molecular formula is C22H22N4O2S2. The number of hydrogen-bond acceptors (Lipinski definition) is 7. The summed E-state index contributed by atoms with van der Waals surface area (Å²) in [5.74, 6) is -0.0823. The Morgan fingerprint density at radius 3 is 2.67 bits per heavy atom. The van der Waals surface area contributed by atoms with Crippen LogP contribution >= 0.6 is 22.7 Å². The lowest BCUT2D eigenvalue weighted by Crippen LogP contribution is -2.43. The molecule has 4 aromatic rings. The second-order valence-electron chi connectivity index (χ2n) is 7.32. The average Bonchev–Trinajstić information content (AvgIpc) is 3.39. The van der Waals surface area contributed by atoms with Gasteiger partial charge < -0.3 is 4.74 Å². The number of amides is 1. The standard InChI is InChI=1S/C22H22N4O2S2/c1-15-5-4-8-18-19(15)24-22(30-18)26(10-9-25-11-13-28-14-12-25)21(27)20-23-16-6-2-3-7-17(16)29-20/h2-8H,9-14H2,1H3. The first-order valence-electron chi connectivity index (χ1n) is 10.0. The number of benzene rings is 2. The molecule has 6 nitrogen and oxygen atoms in total. The molecule has 1 amide bonds. The third-order valence-corrected chi connectivity index (χ3v) is 7.37. The third-order valence-electron chi connectivity index (χ3n) is 5.31. The summed E-state index contributed by atoms with van der Waals surface area (Å²) in [5.41, 5.74) is 2.95. The van der Waals surface area contributed by atoms with Crippen molar-refractivity contribution in [3.8, 4) is 0 Å². The van der Waals surface area contributed by atoms with Gasteiger partial charge in [-0.15, -0.1) is 11.3 Å². The van der Waals surface area contributed by atoms with Gasteiger partial charge in [0.05, 0.1) is 33.6 Å². The number of ether oxygens (including phenoxy) is 1. The van der Waals surface area contributed by atoms with Crippen LogP contribution < -0.4 is 4.90 Å². The van der Waals surface area contributed by atoms with E-state index in [1.54, 1.807) is 16.2 Å². The van der Waals surface area contributed by atoms with Crippen molar-refractivity contribution in [2.24, 2.45) is 0 Å². The summed E-state index contributed by atoms with van der Waals surface area (Å²) >= 11 is 3.00. The molecule has 8 heteroatoms. The first-order valence-corrected chi connectivity index (χ1v) is 11.7. The number of rotatable bonds is 5. The van der Waals surface area contributed by atoms with Gasteiger partial charge in [-0.05, 0) is 30.7 Å². The Bertz CT molecular complexity index is 1160. The van der Waals surface area contributed by atoms with Gasteiger partial charge in [0.1, 0.15) is 0 Å². The number of carbonyl (C=O) groups is 1. The molecule has 1 aliphatic rings. The minimum atomic E-state index is -0.0823. The van der Waals surface area contributed by atoms with Crippen LogP contribution in [0.1, 0.15) is 15.4 Å². The normalized spacial score (nSPS) is 15.1. The highest BCUT2D eigenvalue weighted by Crippen LogP contribution is 2.32. The van der Waals surface area contributed by atoms with Crippen molar-refractivity contribution in [1.29, 1.82) is 0 Å². The topological polar surface area (TPSA) is 58.6 Å². The van der Waals surface area contributed by atoms with Gasteiger partial charge >= 0.3 is 0 Å². The largest absolute Gasteiger partial charge is 0.379 e. The van der Waals surface area contributed by atoms with Gasteiger partial charge in [-0.2, -0.15) is 0 Å². The van der Waals surface area contributed by atoms with Crippen LogP contribution in [-0.4, -0.2) is 60.2 Å². The zero-order valence-corrected chi connectivity index (χ0v) is 18.3. The molecule has 0 unspecified atom stereocenters. The predicted molar refractivity (Wildman–Crippen MR) is 123 cm³/mol. The SMILES string of the molecule is Cc1cccc2sc(N(CCN3CCOCC3)C(=O)c3nc4ccccc4s3)nc12. The highest BCUT2D eigenvalue weighted by atomic mass is 32.1. The van der Waals surface area contributed by atoms with Crippen LogP contribution in [-0.2, 0) is 4.74 Å². The molecule has 3 heterocycles. The van der Waals surface area contributed by atoms with Crippen molar-refractivity contribution in [3.05, 3.63) is 53.0 Å². The molecule has 5 rings (SSSR count). The molecule has 30 heavy (non-hydrogen) atoms. The molecule has 0 spiro atoms. The maximum absolute atomic E-state index is 13.5. The average molecular weight is 439 g/mol. The Labute approximate surface area is 182 Å². The van der Waals surface area contributed by atoms with Gasteiger partial charge in [-0.25, -0.2) is 9.97 Å². The number of carbonyl (C=O) groups excluding carboxylic acids is 1. The Hall–Kier alpha value is -2.39. The molecule has 0 atom stereocenters. The molecule has 1 aliphatic heterocycles. The van der Waals surface area contributed by atoms with Crippen LogP contribution in [0.5, 0.6) is 0 Å². The highest BCUT2D eigenvalue weighted by Gasteiger charge is 2.25. The first-order chi connectivity index (χ1) is 14.7. The second-order valence-corrected chi connectivity index (χ2v) is 9.36. The number of hydrogen-bond donors (Lipinski definition) is 0. The van der Waals surface area contributed by atoms with Crippen LogP contribution in [0.25, 0.3) is 20.4 Å². The fourth-order valence-electron chi connectivity index (χ4n) is 3.62. The maximum atomic E-state index is 13.5. The Kier molecular flexibility index (Phi) is 5.47. The monoisotopic (exact) mass is 438 g/mol. The lowest BCUT2D eigenvalue weighted by Gasteiger charge is -2.28. The summed E-state index contributed by atoms with van der Waals surface area (Å²) in [6.45, 7) is 6.68. The van der Waals surface area contributed by atoms with Gasteiger partial charge in [0.25, 0.3) is 5.91 Å². The van der Waals surface area contributed by atoms with E-state index in [0.717, 1.165) is 64.0 Å². The molecule has 0 radical (unpaired) electrons. The molecule has 1 fully saturated rings. The van der Waals surface area contributed by atoms with E-state index in [4.69, 9.17) is 9.72 Å². The Balaban J connectivity index is 1.49. The number of anilines is 1. The predicted octanol–water partition coefficient (Wildman–Crippen LogP) is 4.19. The maximum Gasteiger partial charge on any atom is 0.289 e. The van der Waals surface area contributed by atoms with Gasteiger partial charge in [0, 0.05) is 26.2 Å². The summed E-state index contributed by atoms with van der Waals surface area (Å²) in [5, 5.41) is 1.24. The zero-order chi connectivity index (χ0) is 20.5. The van der Waals surface area contributed by atoms with Crippen molar-refractivity contribution >= 4 is 54.1 Å². The number of aryl methyl sites for hydroxylation is 1. The van der Waals surface area contributed by atoms with Crippen LogP contribution in [0, 0.1) is 6.92 Å². The number of thiazole rings is 2. The second kappa shape index (κ2) is 8.39. The van der Waals surface area contributed by atoms with E-state index in [9.17, 15) is 4.79 Å². The molecule has 0 saturated carbocycles. The summed E-state index contributed by atoms with van der Waals surface area (Å²) in [4.78, 5) is 27.1. The van der Waals surface area contributed by atoms with E-state index in [1.165, 1.54) is 11.3 Å². The summed E-state index contributed by atoms with van der Waals surface area (Å²) in [7, 11) is 0. The fourth-order valence-corrected chi connectivity index (χ4v) is 5.60. The fraction of sp³-hybridized carbons (Fsp3) is 0.318. The third kappa shape index (κ3) is 3.83. The number of nitrogens with zero attached hydrogens (tertiary/aromatic N) is 4. The van der Waals surface area contributed by atoms with Crippen molar-refractivity contribution in [2.45, 2.75) is 6.92 Å².